The fourth-order valence-electron chi connectivity index (χ4n) is 2.87. The van der Waals surface area contributed by atoms with E-state index in [-0.39, 0.29) is 5.91 Å². The van der Waals surface area contributed by atoms with E-state index in [0.29, 0.717) is 41.6 Å². The molecule has 0 fully saturated rings. The van der Waals surface area contributed by atoms with Gasteiger partial charge in [-0.3, -0.25) is 9.48 Å². The van der Waals surface area contributed by atoms with Crippen LogP contribution in [0.1, 0.15) is 21.7 Å². The number of amides is 1. The van der Waals surface area contributed by atoms with Gasteiger partial charge in [-0.25, -0.2) is 0 Å². The number of H-pyrrole nitrogens is 1. The summed E-state index contributed by atoms with van der Waals surface area (Å²) in [6.07, 6.45) is 0. The van der Waals surface area contributed by atoms with Crippen molar-refractivity contribution in [1.29, 1.82) is 0 Å². The minimum absolute atomic E-state index is 0.115. The molecule has 1 N–H and O–H groups in total. The Morgan fingerprint density at radius 1 is 1.29 bits per heavy atom. The van der Waals surface area contributed by atoms with Crippen molar-refractivity contribution in [1.82, 2.24) is 35.3 Å². The molecule has 0 saturated heterocycles. The largest absolute Gasteiger partial charge is 0.331 e. The second-order valence-corrected chi connectivity index (χ2v) is 6.06. The lowest BCUT2D eigenvalue weighted by molar-refractivity contribution is 0.0706. The second kappa shape index (κ2) is 5.72. The van der Waals surface area contributed by atoms with Gasteiger partial charge >= 0.3 is 0 Å². The van der Waals surface area contributed by atoms with E-state index in [1.54, 1.807) is 23.1 Å². The molecule has 0 radical (unpaired) electrons. The van der Waals surface area contributed by atoms with Crippen LogP contribution in [0.15, 0.2) is 24.3 Å². The quantitative estimate of drug-likeness (QED) is 0.764. The van der Waals surface area contributed by atoms with Crippen LogP contribution >= 0.6 is 11.6 Å². The van der Waals surface area contributed by atoms with Gasteiger partial charge in [-0.05, 0) is 36.4 Å². The number of halogens is 1. The number of fused-ring (bicyclic) bond motifs is 1. The number of aromatic nitrogens is 6. The van der Waals surface area contributed by atoms with Crippen LogP contribution in [0.4, 0.5) is 0 Å². The van der Waals surface area contributed by atoms with Crippen LogP contribution in [0.25, 0.3) is 11.4 Å². The molecule has 2 aromatic heterocycles. The van der Waals surface area contributed by atoms with Gasteiger partial charge in [-0.15, -0.1) is 10.2 Å². The van der Waals surface area contributed by atoms with Crippen LogP contribution in [0, 0.1) is 6.92 Å². The Balaban J connectivity index is 1.64. The summed E-state index contributed by atoms with van der Waals surface area (Å²) >= 11 is 6.25. The van der Waals surface area contributed by atoms with Crippen molar-refractivity contribution in [3.63, 3.8) is 0 Å². The number of hydrogen-bond donors (Lipinski definition) is 1. The van der Waals surface area contributed by atoms with Gasteiger partial charge in [0.2, 0.25) is 5.82 Å². The summed E-state index contributed by atoms with van der Waals surface area (Å²) in [6, 6.07) is 7.14. The van der Waals surface area contributed by atoms with E-state index in [1.807, 2.05) is 17.7 Å². The Morgan fingerprint density at radius 2 is 2.17 bits per heavy atom. The van der Waals surface area contributed by atoms with Crippen LogP contribution in [-0.2, 0) is 13.1 Å². The number of aryl methyl sites for hydroxylation is 1. The highest BCUT2D eigenvalue weighted by molar-refractivity contribution is 6.34. The summed E-state index contributed by atoms with van der Waals surface area (Å²) in [5.74, 6) is 0.309. The summed E-state index contributed by atoms with van der Waals surface area (Å²) in [5, 5.41) is 18.6. The van der Waals surface area contributed by atoms with E-state index in [1.165, 1.54) is 0 Å². The van der Waals surface area contributed by atoms with Crippen molar-refractivity contribution >= 4 is 17.5 Å². The van der Waals surface area contributed by atoms with Crippen molar-refractivity contribution < 1.29 is 4.79 Å². The van der Waals surface area contributed by atoms with E-state index in [0.717, 1.165) is 11.4 Å². The van der Waals surface area contributed by atoms with E-state index in [2.05, 4.69) is 25.7 Å². The first-order valence-corrected chi connectivity index (χ1v) is 7.85. The fraction of sp³-hybridized carbons (Fsp3) is 0.267. The van der Waals surface area contributed by atoms with E-state index >= 15 is 0 Å². The zero-order valence-corrected chi connectivity index (χ0v) is 13.7. The predicted molar refractivity (Wildman–Crippen MR) is 86.3 cm³/mol. The Labute approximate surface area is 142 Å². The number of benzene rings is 1. The third-order valence-corrected chi connectivity index (χ3v) is 4.34. The average molecular weight is 344 g/mol. The Hall–Kier alpha value is -2.74. The van der Waals surface area contributed by atoms with Gasteiger partial charge in [-0.1, -0.05) is 11.6 Å². The van der Waals surface area contributed by atoms with Gasteiger partial charge in [0.15, 0.2) is 0 Å². The van der Waals surface area contributed by atoms with Gasteiger partial charge in [0.1, 0.15) is 0 Å². The van der Waals surface area contributed by atoms with Crippen LogP contribution in [0.2, 0.25) is 5.02 Å². The SMILES string of the molecule is Cc1cc2n(n1)CCN(C(=O)c1cc(-c3nn[nH]n3)ccc1Cl)C2. The molecule has 24 heavy (non-hydrogen) atoms. The van der Waals surface area contributed by atoms with Crippen molar-refractivity contribution in [3.8, 4) is 11.4 Å². The number of carbonyl (C=O) groups is 1. The second-order valence-electron chi connectivity index (χ2n) is 5.66. The van der Waals surface area contributed by atoms with Gasteiger partial charge in [0, 0.05) is 12.1 Å². The minimum Gasteiger partial charge on any atom is -0.331 e. The highest BCUT2D eigenvalue weighted by atomic mass is 35.5. The van der Waals surface area contributed by atoms with Crippen LogP contribution in [-0.4, -0.2) is 47.8 Å². The maximum absolute atomic E-state index is 12.9. The number of carbonyl (C=O) groups excluding carboxylic acids is 1. The Bertz CT molecular complexity index is 903. The fourth-order valence-corrected chi connectivity index (χ4v) is 3.06. The smallest absolute Gasteiger partial charge is 0.255 e. The predicted octanol–water partition coefficient (Wildman–Crippen LogP) is 1.68. The Morgan fingerprint density at radius 3 is 2.96 bits per heavy atom. The molecule has 3 heterocycles. The van der Waals surface area contributed by atoms with Crippen molar-refractivity contribution in [2.45, 2.75) is 20.0 Å². The molecule has 122 valence electrons. The summed E-state index contributed by atoms with van der Waals surface area (Å²) in [6.45, 7) is 3.73. The molecule has 0 aliphatic carbocycles. The molecule has 0 saturated carbocycles. The van der Waals surface area contributed by atoms with Crippen LogP contribution in [0.5, 0.6) is 0 Å². The number of aromatic amines is 1. The standard InChI is InChI=1S/C15H14ClN7O/c1-9-6-11-8-22(4-5-23(11)19-9)15(24)12-7-10(2-3-13(12)16)14-17-20-21-18-14/h2-3,6-7H,4-5,8H2,1H3,(H,17,18,20,21). The topological polar surface area (TPSA) is 92.6 Å². The molecule has 9 heteroatoms. The molecule has 1 amide bonds. The summed E-state index contributed by atoms with van der Waals surface area (Å²) < 4.78 is 1.94. The maximum atomic E-state index is 12.9. The molecule has 3 aromatic rings. The maximum Gasteiger partial charge on any atom is 0.255 e. The van der Waals surface area contributed by atoms with Crippen molar-refractivity contribution in [2.75, 3.05) is 6.54 Å². The van der Waals surface area contributed by atoms with Crippen molar-refractivity contribution in [2.24, 2.45) is 0 Å². The molecule has 8 nitrogen and oxygen atoms in total. The highest BCUT2D eigenvalue weighted by Crippen LogP contribution is 2.25. The van der Waals surface area contributed by atoms with E-state index in [9.17, 15) is 4.79 Å². The van der Waals surface area contributed by atoms with E-state index in [4.69, 9.17) is 11.6 Å². The van der Waals surface area contributed by atoms with E-state index < -0.39 is 0 Å². The van der Waals surface area contributed by atoms with Gasteiger partial charge < -0.3 is 4.90 Å². The number of nitrogens with zero attached hydrogens (tertiary/aromatic N) is 6. The molecule has 0 atom stereocenters. The third kappa shape index (κ3) is 2.54. The first-order valence-electron chi connectivity index (χ1n) is 7.48. The molecule has 1 aliphatic heterocycles. The highest BCUT2D eigenvalue weighted by Gasteiger charge is 2.24. The average Bonchev–Trinajstić information content (AvgIpc) is 3.22. The van der Waals surface area contributed by atoms with Gasteiger partial charge in [0.25, 0.3) is 5.91 Å². The molecular weight excluding hydrogens is 330 g/mol. The first-order chi connectivity index (χ1) is 11.6. The van der Waals surface area contributed by atoms with Gasteiger partial charge in [0.05, 0.1) is 35.1 Å². The molecular formula is C15H14ClN7O. The zero-order valence-electron chi connectivity index (χ0n) is 12.9. The Kier molecular flexibility index (Phi) is 3.53. The molecule has 4 rings (SSSR count). The van der Waals surface area contributed by atoms with Crippen LogP contribution < -0.4 is 0 Å². The number of nitrogens with one attached hydrogen (secondary N) is 1. The molecule has 0 spiro atoms. The normalized spacial score (nSPS) is 13.8. The molecule has 1 aliphatic rings. The lowest BCUT2D eigenvalue weighted by atomic mass is 10.1. The summed E-state index contributed by atoms with van der Waals surface area (Å²) in [5.41, 5.74) is 3.10. The lowest BCUT2D eigenvalue weighted by Gasteiger charge is -2.28. The lowest BCUT2D eigenvalue weighted by Crippen LogP contribution is -2.38. The zero-order chi connectivity index (χ0) is 16.7. The number of tetrazole rings is 1. The number of hydrogen-bond acceptors (Lipinski definition) is 5. The van der Waals surface area contributed by atoms with Crippen LogP contribution in [0.3, 0.4) is 0 Å². The third-order valence-electron chi connectivity index (χ3n) is 4.01. The first kappa shape index (κ1) is 14.8. The van der Waals surface area contributed by atoms with Gasteiger partial charge in [-0.2, -0.15) is 10.3 Å². The monoisotopic (exact) mass is 343 g/mol. The molecule has 0 bridgehead atoms. The molecule has 1 aromatic carbocycles. The summed E-state index contributed by atoms with van der Waals surface area (Å²) in [4.78, 5) is 14.7. The number of rotatable bonds is 2. The van der Waals surface area contributed by atoms with Crippen molar-refractivity contribution in [3.05, 3.63) is 46.2 Å². The summed E-state index contributed by atoms with van der Waals surface area (Å²) in [7, 11) is 0. The minimum atomic E-state index is -0.115. The molecule has 0 unspecified atom stereocenters.